The zero-order valence-corrected chi connectivity index (χ0v) is 25.6. The zero-order chi connectivity index (χ0) is 28.5. The van der Waals surface area contributed by atoms with E-state index in [0.717, 1.165) is 46.4 Å². The van der Waals surface area contributed by atoms with Crippen LogP contribution in [0.3, 0.4) is 0 Å². The highest BCUT2D eigenvalue weighted by molar-refractivity contribution is 9.10. The molecule has 2 saturated heterocycles. The molecule has 3 heterocycles. The van der Waals surface area contributed by atoms with Gasteiger partial charge >= 0.3 is 0 Å². The quantitative estimate of drug-likeness (QED) is 0.254. The lowest BCUT2D eigenvalue weighted by atomic mass is 9.96. The molecule has 0 spiro atoms. The third kappa shape index (κ3) is 6.02. The van der Waals surface area contributed by atoms with Crippen LogP contribution in [0.2, 0.25) is 10.0 Å². The number of likely N-dealkylation sites (tertiary alicyclic amines) is 1. The summed E-state index contributed by atoms with van der Waals surface area (Å²) in [5.41, 5.74) is 3.59. The molecule has 1 aromatic heterocycles. The number of benzene rings is 3. The van der Waals surface area contributed by atoms with Crippen molar-refractivity contribution in [1.29, 1.82) is 0 Å². The Morgan fingerprint density at radius 3 is 2.44 bits per heavy atom. The normalized spacial score (nSPS) is 18.2. The Balaban J connectivity index is 1.11. The van der Waals surface area contributed by atoms with Crippen LogP contribution in [0.25, 0.3) is 16.7 Å². The van der Waals surface area contributed by atoms with Crippen LogP contribution in [0.5, 0.6) is 0 Å². The minimum atomic E-state index is -0.0900. The molecule has 0 unspecified atom stereocenters. The van der Waals surface area contributed by atoms with Gasteiger partial charge in [0.05, 0.1) is 33.5 Å². The molecule has 10 heteroatoms. The summed E-state index contributed by atoms with van der Waals surface area (Å²) in [6.45, 7) is 4.34. The number of carbonyl (C=O) groups excluding carboxylic acids is 2. The number of rotatable bonds is 5. The number of hydrogen-bond acceptors (Lipinski definition) is 4. The summed E-state index contributed by atoms with van der Waals surface area (Å²) in [7, 11) is 0. The molecule has 0 aliphatic carbocycles. The number of aromatic nitrogens is 2. The van der Waals surface area contributed by atoms with Crippen molar-refractivity contribution in [3.8, 4) is 5.69 Å². The van der Waals surface area contributed by atoms with Gasteiger partial charge in [0.1, 0.15) is 5.82 Å². The lowest BCUT2D eigenvalue weighted by Crippen LogP contribution is -2.53. The number of imidazole rings is 1. The fourth-order valence-corrected chi connectivity index (χ4v) is 6.57. The number of piperidine rings is 1. The third-order valence-corrected chi connectivity index (χ3v) is 9.19. The Morgan fingerprint density at radius 2 is 1.66 bits per heavy atom. The first-order chi connectivity index (χ1) is 19.9. The predicted molar refractivity (Wildman–Crippen MR) is 166 cm³/mol. The van der Waals surface area contributed by atoms with Crippen LogP contribution in [0.1, 0.15) is 29.0 Å². The molecular weight excluding hydrogens is 625 g/mol. The number of nitrogens with zero attached hydrogens (tertiary/aromatic N) is 5. The number of piperazine rings is 1. The van der Waals surface area contributed by atoms with Crippen LogP contribution in [0.15, 0.2) is 71.2 Å². The number of para-hydroxylation sites is 2. The molecule has 4 aromatic rings. The highest BCUT2D eigenvalue weighted by Crippen LogP contribution is 2.27. The van der Waals surface area contributed by atoms with E-state index in [1.165, 1.54) is 0 Å². The summed E-state index contributed by atoms with van der Waals surface area (Å²) in [6, 6.07) is 21.4. The van der Waals surface area contributed by atoms with Gasteiger partial charge in [0.15, 0.2) is 0 Å². The first kappa shape index (κ1) is 28.2. The standard InChI is InChI=1S/C31H30BrCl2N5O2/c32-23-6-3-7-24(18-23)39-28-9-2-1-8-27(28)35-29(39)20-36-12-4-5-22(19-36)31(41)38-15-13-37(14-16-38)30(40)21-10-11-25(33)26(34)17-21/h1-3,6-11,17-18,22H,4-5,12-16,19-20H2/t22-/m0/s1. The maximum atomic E-state index is 13.6. The maximum absolute atomic E-state index is 13.6. The molecule has 2 aliphatic heterocycles. The Bertz CT molecular complexity index is 1600. The Hall–Kier alpha value is -2.91. The summed E-state index contributed by atoms with van der Waals surface area (Å²) in [5.74, 6) is 0.987. The van der Waals surface area contributed by atoms with Crippen molar-refractivity contribution in [3.63, 3.8) is 0 Å². The zero-order valence-electron chi connectivity index (χ0n) is 22.5. The smallest absolute Gasteiger partial charge is 0.254 e. The van der Waals surface area contributed by atoms with Gasteiger partial charge in [-0.3, -0.25) is 19.1 Å². The summed E-state index contributed by atoms with van der Waals surface area (Å²) in [5, 5.41) is 0.783. The molecular formula is C31H30BrCl2N5O2. The van der Waals surface area contributed by atoms with Gasteiger partial charge in [0.2, 0.25) is 5.91 Å². The number of amides is 2. The van der Waals surface area contributed by atoms with Crippen molar-refractivity contribution in [2.75, 3.05) is 39.3 Å². The average Bonchev–Trinajstić information content (AvgIpc) is 3.35. The van der Waals surface area contributed by atoms with Crippen LogP contribution in [0, 0.1) is 5.92 Å². The van der Waals surface area contributed by atoms with E-state index in [4.69, 9.17) is 28.2 Å². The summed E-state index contributed by atoms with van der Waals surface area (Å²) in [4.78, 5) is 37.6. The van der Waals surface area contributed by atoms with Crippen LogP contribution in [-0.2, 0) is 11.3 Å². The van der Waals surface area contributed by atoms with E-state index >= 15 is 0 Å². The number of hydrogen-bond donors (Lipinski definition) is 0. The van der Waals surface area contributed by atoms with E-state index in [2.05, 4.69) is 43.6 Å². The molecule has 2 fully saturated rings. The number of fused-ring (bicyclic) bond motifs is 1. The molecule has 3 aromatic carbocycles. The molecule has 2 amide bonds. The van der Waals surface area contributed by atoms with Crippen molar-refractivity contribution in [2.24, 2.45) is 5.92 Å². The van der Waals surface area contributed by atoms with Crippen molar-refractivity contribution >= 4 is 62.0 Å². The molecule has 0 N–H and O–H groups in total. The lowest BCUT2D eigenvalue weighted by Gasteiger charge is -2.39. The molecule has 7 nitrogen and oxygen atoms in total. The predicted octanol–water partition coefficient (Wildman–Crippen LogP) is 6.29. The van der Waals surface area contributed by atoms with Gasteiger partial charge in [-0.05, 0) is 67.9 Å². The molecule has 0 bridgehead atoms. The second-order valence-electron chi connectivity index (χ2n) is 10.7. The highest BCUT2D eigenvalue weighted by Gasteiger charge is 2.32. The SMILES string of the molecule is O=C(c1ccc(Cl)c(Cl)c1)N1CCN(C(=O)[C@H]2CCCN(Cc3nc4ccccc4n3-c3cccc(Br)c3)C2)CC1. The van der Waals surface area contributed by atoms with Gasteiger partial charge in [0, 0.05) is 48.4 Å². The van der Waals surface area contributed by atoms with Gasteiger partial charge < -0.3 is 9.80 Å². The Labute approximate surface area is 257 Å². The van der Waals surface area contributed by atoms with E-state index in [1.807, 2.05) is 35.2 Å². The maximum Gasteiger partial charge on any atom is 0.254 e. The minimum Gasteiger partial charge on any atom is -0.339 e. The van der Waals surface area contributed by atoms with Crippen molar-refractivity contribution in [3.05, 3.63) is 92.6 Å². The van der Waals surface area contributed by atoms with Crippen LogP contribution in [0.4, 0.5) is 0 Å². The van der Waals surface area contributed by atoms with Crippen molar-refractivity contribution < 1.29 is 9.59 Å². The van der Waals surface area contributed by atoms with E-state index in [0.29, 0.717) is 54.9 Å². The van der Waals surface area contributed by atoms with Crippen LogP contribution >= 0.6 is 39.1 Å². The minimum absolute atomic E-state index is 0.0650. The molecule has 212 valence electrons. The molecule has 41 heavy (non-hydrogen) atoms. The third-order valence-electron chi connectivity index (χ3n) is 7.96. The first-order valence-corrected chi connectivity index (χ1v) is 15.4. The van der Waals surface area contributed by atoms with E-state index in [-0.39, 0.29) is 17.7 Å². The summed E-state index contributed by atoms with van der Waals surface area (Å²) < 4.78 is 3.23. The van der Waals surface area contributed by atoms with E-state index in [1.54, 1.807) is 23.1 Å². The number of halogens is 3. The van der Waals surface area contributed by atoms with Gasteiger partial charge in [-0.2, -0.15) is 0 Å². The fraction of sp³-hybridized carbons (Fsp3) is 0.323. The van der Waals surface area contributed by atoms with Crippen LogP contribution < -0.4 is 0 Å². The second kappa shape index (κ2) is 12.1. The van der Waals surface area contributed by atoms with Crippen LogP contribution in [-0.4, -0.2) is 75.3 Å². The second-order valence-corrected chi connectivity index (χ2v) is 12.4. The average molecular weight is 655 g/mol. The molecule has 0 radical (unpaired) electrons. The molecule has 2 aliphatic rings. The molecule has 0 saturated carbocycles. The fourth-order valence-electron chi connectivity index (χ4n) is 5.89. The molecule has 6 rings (SSSR count). The monoisotopic (exact) mass is 653 g/mol. The summed E-state index contributed by atoms with van der Waals surface area (Å²) in [6.07, 6.45) is 1.84. The Kier molecular flexibility index (Phi) is 8.35. The van der Waals surface area contributed by atoms with E-state index in [9.17, 15) is 9.59 Å². The van der Waals surface area contributed by atoms with Gasteiger partial charge in [0.25, 0.3) is 5.91 Å². The van der Waals surface area contributed by atoms with Crippen molar-refractivity contribution in [2.45, 2.75) is 19.4 Å². The highest BCUT2D eigenvalue weighted by atomic mass is 79.9. The molecule has 1 atom stereocenters. The number of carbonyl (C=O) groups is 2. The Morgan fingerprint density at radius 1 is 0.878 bits per heavy atom. The van der Waals surface area contributed by atoms with E-state index < -0.39 is 0 Å². The van der Waals surface area contributed by atoms with Gasteiger partial charge in [-0.15, -0.1) is 0 Å². The first-order valence-electron chi connectivity index (χ1n) is 13.8. The summed E-state index contributed by atoms with van der Waals surface area (Å²) >= 11 is 15.7. The largest absolute Gasteiger partial charge is 0.339 e. The topological polar surface area (TPSA) is 61.7 Å². The van der Waals surface area contributed by atoms with Gasteiger partial charge in [-0.25, -0.2) is 4.98 Å². The van der Waals surface area contributed by atoms with Gasteiger partial charge in [-0.1, -0.05) is 57.3 Å². The van der Waals surface area contributed by atoms with Crippen molar-refractivity contribution in [1.82, 2.24) is 24.3 Å². The lowest BCUT2D eigenvalue weighted by molar-refractivity contribution is -0.139.